The predicted molar refractivity (Wildman–Crippen MR) is 84.4 cm³/mol. The molecule has 112 valence electrons. The number of methoxy groups -OCH3 is 1. The molecule has 0 aliphatic carbocycles. The molecule has 2 atom stereocenters. The molecular weight excluding hydrogens is 289 g/mol. The van der Waals surface area contributed by atoms with E-state index in [9.17, 15) is 4.39 Å². The van der Waals surface area contributed by atoms with Gasteiger partial charge in [0, 0.05) is 12.1 Å². The van der Waals surface area contributed by atoms with Crippen LogP contribution in [-0.4, -0.2) is 7.11 Å². The van der Waals surface area contributed by atoms with Gasteiger partial charge in [-0.1, -0.05) is 29.8 Å². The zero-order valence-electron chi connectivity index (χ0n) is 12.4. The van der Waals surface area contributed by atoms with E-state index in [-0.39, 0.29) is 17.1 Å². The Hall–Kier alpha value is -1.58. The fraction of sp³-hybridized carbons (Fsp3) is 0.294. The van der Waals surface area contributed by atoms with E-state index >= 15 is 0 Å². The van der Waals surface area contributed by atoms with Crippen LogP contribution < -0.4 is 10.1 Å². The van der Waals surface area contributed by atoms with Crippen molar-refractivity contribution in [1.82, 2.24) is 5.32 Å². The Morgan fingerprint density at radius 2 is 1.71 bits per heavy atom. The van der Waals surface area contributed by atoms with Crippen molar-refractivity contribution in [3.8, 4) is 5.75 Å². The molecule has 0 aromatic heterocycles. The molecule has 1 N–H and O–H groups in total. The lowest BCUT2D eigenvalue weighted by Crippen LogP contribution is -2.22. The smallest absolute Gasteiger partial charge is 0.142 e. The molecule has 0 aliphatic heterocycles. The summed E-state index contributed by atoms with van der Waals surface area (Å²) < 4.78 is 18.8. The first kappa shape index (κ1) is 15.8. The maximum atomic E-state index is 13.5. The first-order valence-corrected chi connectivity index (χ1v) is 7.24. The number of nitrogens with one attached hydrogen (secondary N) is 1. The van der Waals surface area contributed by atoms with Crippen LogP contribution in [0.5, 0.6) is 5.75 Å². The Bertz CT molecular complexity index is 617. The first-order valence-electron chi connectivity index (χ1n) is 6.86. The highest BCUT2D eigenvalue weighted by Crippen LogP contribution is 2.24. The number of hydrogen-bond donors (Lipinski definition) is 1. The van der Waals surface area contributed by atoms with Gasteiger partial charge in [0.2, 0.25) is 0 Å². The zero-order chi connectivity index (χ0) is 15.4. The van der Waals surface area contributed by atoms with Gasteiger partial charge in [0.15, 0.2) is 0 Å². The summed E-state index contributed by atoms with van der Waals surface area (Å²) in [6, 6.07) is 12.9. The minimum atomic E-state index is -0.392. The van der Waals surface area contributed by atoms with Gasteiger partial charge >= 0.3 is 0 Å². The van der Waals surface area contributed by atoms with Crippen LogP contribution >= 0.6 is 11.6 Å². The largest absolute Gasteiger partial charge is 0.497 e. The van der Waals surface area contributed by atoms with Gasteiger partial charge < -0.3 is 10.1 Å². The van der Waals surface area contributed by atoms with Crippen molar-refractivity contribution in [3.63, 3.8) is 0 Å². The third-order valence-corrected chi connectivity index (χ3v) is 3.84. The van der Waals surface area contributed by atoms with Crippen LogP contribution in [0.2, 0.25) is 5.02 Å². The maximum absolute atomic E-state index is 13.5. The van der Waals surface area contributed by atoms with Crippen LogP contribution in [0.3, 0.4) is 0 Å². The Labute approximate surface area is 129 Å². The molecule has 4 heteroatoms. The Kier molecular flexibility index (Phi) is 5.21. The fourth-order valence-electron chi connectivity index (χ4n) is 2.26. The first-order chi connectivity index (χ1) is 10.0. The highest BCUT2D eigenvalue weighted by atomic mass is 35.5. The average Bonchev–Trinajstić information content (AvgIpc) is 2.49. The van der Waals surface area contributed by atoms with Crippen LogP contribution in [0.1, 0.15) is 37.1 Å². The lowest BCUT2D eigenvalue weighted by Gasteiger charge is -2.21. The second-order valence-electron chi connectivity index (χ2n) is 5.06. The zero-order valence-corrected chi connectivity index (χ0v) is 13.1. The molecular formula is C17H19ClFNO. The highest BCUT2D eigenvalue weighted by molar-refractivity contribution is 6.30. The normalized spacial score (nSPS) is 13.8. The van der Waals surface area contributed by atoms with Gasteiger partial charge in [-0.2, -0.15) is 0 Å². The minimum absolute atomic E-state index is 0.0120. The standard InChI is InChI=1S/C17H19ClFNO/c1-11(13-5-4-6-15(9-13)21-3)20-12(2)14-7-8-16(18)17(19)10-14/h4-12,20H,1-3H3/t11-,12?/m1/s1. The quantitative estimate of drug-likeness (QED) is 0.848. The average molecular weight is 308 g/mol. The van der Waals surface area contributed by atoms with E-state index in [1.54, 1.807) is 13.2 Å². The van der Waals surface area contributed by atoms with Crippen molar-refractivity contribution in [2.24, 2.45) is 0 Å². The molecule has 0 radical (unpaired) electrons. The predicted octanol–water partition coefficient (Wildman–Crippen LogP) is 4.90. The summed E-state index contributed by atoms with van der Waals surface area (Å²) in [5, 5.41) is 3.59. The van der Waals surface area contributed by atoms with Gasteiger partial charge in [0.25, 0.3) is 0 Å². The molecule has 0 saturated heterocycles. The summed E-state index contributed by atoms with van der Waals surface area (Å²) in [6.45, 7) is 4.07. The molecule has 0 heterocycles. The summed E-state index contributed by atoms with van der Waals surface area (Å²) in [5.74, 6) is 0.434. The second-order valence-corrected chi connectivity index (χ2v) is 5.47. The van der Waals surface area contributed by atoms with Gasteiger partial charge in [-0.15, -0.1) is 0 Å². The monoisotopic (exact) mass is 307 g/mol. The Balaban J connectivity index is 2.10. The van der Waals surface area contributed by atoms with Crippen LogP contribution in [0.25, 0.3) is 0 Å². The van der Waals surface area contributed by atoms with E-state index in [0.717, 1.165) is 16.9 Å². The number of halogens is 2. The highest BCUT2D eigenvalue weighted by Gasteiger charge is 2.13. The third-order valence-electron chi connectivity index (χ3n) is 3.54. The van der Waals surface area contributed by atoms with E-state index in [0.29, 0.717) is 0 Å². The molecule has 0 amide bonds. The summed E-state index contributed by atoms with van der Waals surface area (Å²) in [4.78, 5) is 0. The number of hydrogen-bond acceptors (Lipinski definition) is 2. The van der Waals surface area contributed by atoms with Gasteiger partial charge in [-0.3, -0.25) is 0 Å². The van der Waals surface area contributed by atoms with E-state index in [1.807, 2.05) is 37.3 Å². The van der Waals surface area contributed by atoms with E-state index in [4.69, 9.17) is 16.3 Å². The molecule has 0 aliphatic rings. The van der Waals surface area contributed by atoms with Crippen molar-refractivity contribution >= 4 is 11.6 Å². The van der Waals surface area contributed by atoms with Crippen LogP contribution in [-0.2, 0) is 0 Å². The molecule has 2 aromatic rings. The number of benzene rings is 2. The molecule has 0 bridgehead atoms. The lowest BCUT2D eigenvalue weighted by atomic mass is 10.0. The van der Waals surface area contributed by atoms with Crippen molar-refractivity contribution in [3.05, 3.63) is 64.4 Å². The Morgan fingerprint density at radius 3 is 2.33 bits per heavy atom. The number of ether oxygens (including phenoxy) is 1. The van der Waals surface area contributed by atoms with Crippen LogP contribution in [0.15, 0.2) is 42.5 Å². The Morgan fingerprint density at radius 1 is 1.05 bits per heavy atom. The van der Waals surface area contributed by atoms with Crippen molar-refractivity contribution in [1.29, 1.82) is 0 Å². The molecule has 2 nitrogen and oxygen atoms in total. The molecule has 0 saturated carbocycles. The molecule has 2 rings (SSSR count). The van der Waals surface area contributed by atoms with Crippen LogP contribution in [0, 0.1) is 5.82 Å². The second kappa shape index (κ2) is 6.92. The summed E-state index contributed by atoms with van der Waals surface area (Å²) in [7, 11) is 1.65. The van der Waals surface area contributed by atoms with E-state index < -0.39 is 5.82 Å². The van der Waals surface area contributed by atoms with Gasteiger partial charge in [-0.25, -0.2) is 4.39 Å². The van der Waals surface area contributed by atoms with Gasteiger partial charge in [0.1, 0.15) is 11.6 Å². The van der Waals surface area contributed by atoms with E-state index in [2.05, 4.69) is 12.2 Å². The topological polar surface area (TPSA) is 21.3 Å². The molecule has 0 fully saturated rings. The minimum Gasteiger partial charge on any atom is -0.497 e. The summed E-state index contributed by atoms with van der Waals surface area (Å²) in [5.41, 5.74) is 1.99. The van der Waals surface area contributed by atoms with Gasteiger partial charge in [0.05, 0.1) is 12.1 Å². The summed E-state index contributed by atoms with van der Waals surface area (Å²) in [6.07, 6.45) is 0. The molecule has 21 heavy (non-hydrogen) atoms. The maximum Gasteiger partial charge on any atom is 0.142 e. The summed E-state index contributed by atoms with van der Waals surface area (Å²) >= 11 is 5.71. The van der Waals surface area contributed by atoms with E-state index in [1.165, 1.54) is 6.07 Å². The number of rotatable bonds is 5. The van der Waals surface area contributed by atoms with Crippen molar-refractivity contribution in [2.75, 3.05) is 7.11 Å². The van der Waals surface area contributed by atoms with Crippen molar-refractivity contribution in [2.45, 2.75) is 25.9 Å². The molecule has 2 aromatic carbocycles. The van der Waals surface area contributed by atoms with Crippen molar-refractivity contribution < 1.29 is 9.13 Å². The SMILES string of the molecule is COc1cccc([C@@H](C)NC(C)c2ccc(Cl)c(F)c2)c1. The van der Waals surface area contributed by atoms with Crippen LogP contribution in [0.4, 0.5) is 4.39 Å². The fourth-order valence-corrected chi connectivity index (χ4v) is 2.38. The molecule has 1 unspecified atom stereocenters. The van der Waals surface area contributed by atoms with Gasteiger partial charge in [-0.05, 0) is 49.2 Å². The lowest BCUT2D eigenvalue weighted by molar-refractivity contribution is 0.412. The third kappa shape index (κ3) is 3.96. The molecule has 0 spiro atoms.